The van der Waals surface area contributed by atoms with E-state index in [1.165, 1.54) is 11.6 Å². The van der Waals surface area contributed by atoms with Crippen LogP contribution < -0.4 is 5.32 Å². The van der Waals surface area contributed by atoms with Crippen LogP contribution in [0.3, 0.4) is 0 Å². The molecule has 1 heterocycles. The lowest BCUT2D eigenvalue weighted by atomic mass is 10.0. The van der Waals surface area contributed by atoms with E-state index in [9.17, 15) is 4.39 Å². The molecule has 2 aromatic rings. The molecule has 6 heteroatoms. The first-order chi connectivity index (χ1) is 9.51. The van der Waals surface area contributed by atoms with Crippen LogP contribution in [-0.4, -0.2) is 6.54 Å². The van der Waals surface area contributed by atoms with Crippen molar-refractivity contribution in [2.45, 2.75) is 19.4 Å². The van der Waals surface area contributed by atoms with Crippen molar-refractivity contribution in [3.8, 4) is 0 Å². The summed E-state index contributed by atoms with van der Waals surface area (Å²) >= 11 is 14.6. The number of rotatable bonds is 5. The van der Waals surface area contributed by atoms with Gasteiger partial charge in [0, 0.05) is 6.04 Å². The highest BCUT2D eigenvalue weighted by Gasteiger charge is 2.17. The highest BCUT2D eigenvalue weighted by Crippen LogP contribution is 2.36. The summed E-state index contributed by atoms with van der Waals surface area (Å²) in [7, 11) is 0. The van der Waals surface area contributed by atoms with Gasteiger partial charge >= 0.3 is 0 Å². The Morgan fingerprint density at radius 2 is 2.10 bits per heavy atom. The monoisotopic (exact) mass is 439 g/mol. The molecule has 1 unspecified atom stereocenters. The van der Waals surface area contributed by atoms with Crippen LogP contribution in [0.5, 0.6) is 0 Å². The molecule has 0 radical (unpaired) electrons. The molecule has 1 N–H and O–H groups in total. The lowest BCUT2D eigenvalue weighted by Gasteiger charge is -2.18. The zero-order valence-electron chi connectivity index (χ0n) is 10.7. The molecule has 1 aromatic carbocycles. The van der Waals surface area contributed by atoms with Gasteiger partial charge in [-0.2, -0.15) is 0 Å². The normalized spacial score (nSPS) is 12.7. The smallest absolute Gasteiger partial charge is 0.141 e. The van der Waals surface area contributed by atoms with Crippen LogP contribution in [0.2, 0.25) is 5.02 Å². The van der Waals surface area contributed by atoms with E-state index in [-0.39, 0.29) is 16.9 Å². The molecule has 0 aliphatic heterocycles. The third-order valence-electron chi connectivity index (χ3n) is 2.93. The summed E-state index contributed by atoms with van der Waals surface area (Å²) in [5.74, 6) is -0.380. The molecular formula is C14H13Br2ClFNS. The van der Waals surface area contributed by atoms with Crippen LogP contribution in [0.4, 0.5) is 4.39 Å². The molecular weight excluding hydrogens is 428 g/mol. The van der Waals surface area contributed by atoms with Gasteiger partial charge in [0.15, 0.2) is 0 Å². The number of benzene rings is 1. The number of nitrogens with one attached hydrogen (secondary N) is 1. The average Bonchev–Trinajstić information content (AvgIpc) is 2.72. The highest BCUT2D eigenvalue weighted by molar-refractivity contribution is 9.12. The summed E-state index contributed by atoms with van der Waals surface area (Å²) in [5, 5.41) is 3.62. The lowest BCUT2D eigenvalue weighted by molar-refractivity contribution is 0.548. The van der Waals surface area contributed by atoms with Crippen molar-refractivity contribution in [1.29, 1.82) is 0 Å². The van der Waals surface area contributed by atoms with E-state index >= 15 is 0 Å². The minimum atomic E-state index is -0.380. The standard InChI is InChI=1S/C14H13Br2ClFNS/c1-2-19-12(9-7-13(15)20-14(9)16)6-8-3-4-11(18)10(17)5-8/h3-5,7,12,19H,2,6H2,1H3. The van der Waals surface area contributed by atoms with Gasteiger partial charge in [0.1, 0.15) is 5.82 Å². The predicted molar refractivity (Wildman–Crippen MR) is 91.3 cm³/mol. The zero-order valence-corrected chi connectivity index (χ0v) is 15.5. The number of halogens is 4. The third kappa shape index (κ3) is 4.04. The summed E-state index contributed by atoms with van der Waals surface area (Å²) in [6.45, 7) is 2.93. The maximum Gasteiger partial charge on any atom is 0.141 e. The first-order valence-corrected chi connectivity index (χ1v) is 8.91. The Labute approximate surface area is 143 Å². The zero-order chi connectivity index (χ0) is 14.7. The van der Waals surface area contributed by atoms with Crippen molar-refractivity contribution < 1.29 is 4.39 Å². The highest BCUT2D eigenvalue weighted by atomic mass is 79.9. The van der Waals surface area contributed by atoms with E-state index in [1.807, 2.05) is 0 Å². The van der Waals surface area contributed by atoms with Crippen LogP contribution in [0.15, 0.2) is 31.8 Å². The Morgan fingerprint density at radius 3 is 2.65 bits per heavy atom. The van der Waals surface area contributed by atoms with Gasteiger partial charge < -0.3 is 5.32 Å². The topological polar surface area (TPSA) is 12.0 Å². The van der Waals surface area contributed by atoms with Crippen LogP contribution in [0, 0.1) is 5.82 Å². The SMILES string of the molecule is CCNC(Cc1ccc(F)c(Cl)c1)c1cc(Br)sc1Br. The summed E-state index contributed by atoms with van der Waals surface area (Å²) < 4.78 is 15.4. The molecule has 0 saturated carbocycles. The van der Waals surface area contributed by atoms with E-state index in [2.05, 4.69) is 50.2 Å². The molecule has 20 heavy (non-hydrogen) atoms. The van der Waals surface area contributed by atoms with Crippen LogP contribution in [0.25, 0.3) is 0 Å². The van der Waals surface area contributed by atoms with E-state index in [1.54, 1.807) is 23.5 Å². The van der Waals surface area contributed by atoms with Crippen molar-refractivity contribution in [1.82, 2.24) is 5.32 Å². The fraction of sp³-hybridized carbons (Fsp3) is 0.286. The van der Waals surface area contributed by atoms with Crippen molar-refractivity contribution >= 4 is 54.8 Å². The van der Waals surface area contributed by atoms with E-state index in [0.717, 1.165) is 26.1 Å². The third-order valence-corrected chi connectivity index (χ3v) is 5.61. The van der Waals surface area contributed by atoms with E-state index < -0.39 is 0 Å². The molecule has 0 bridgehead atoms. The van der Waals surface area contributed by atoms with Gasteiger partial charge in [-0.1, -0.05) is 24.6 Å². The Balaban J connectivity index is 2.25. The maximum absolute atomic E-state index is 13.2. The van der Waals surface area contributed by atoms with Crippen molar-refractivity contribution in [2.24, 2.45) is 0 Å². The molecule has 0 amide bonds. The van der Waals surface area contributed by atoms with Gasteiger partial charge in [-0.05, 0) is 74.2 Å². The Hall–Kier alpha value is 0.0600. The first-order valence-electron chi connectivity index (χ1n) is 6.13. The summed E-state index contributed by atoms with van der Waals surface area (Å²) in [5.41, 5.74) is 2.21. The Morgan fingerprint density at radius 1 is 1.35 bits per heavy atom. The summed E-state index contributed by atoms with van der Waals surface area (Å²) in [6.07, 6.45) is 0.760. The fourth-order valence-corrected chi connectivity index (χ4v) is 5.21. The van der Waals surface area contributed by atoms with E-state index in [4.69, 9.17) is 11.6 Å². The van der Waals surface area contributed by atoms with Crippen LogP contribution in [-0.2, 0) is 6.42 Å². The first kappa shape index (κ1) is 16.4. The molecule has 108 valence electrons. The predicted octanol–water partition coefficient (Wildman–Crippen LogP) is 5.96. The van der Waals surface area contributed by atoms with Crippen molar-refractivity contribution in [3.63, 3.8) is 0 Å². The molecule has 0 aliphatic rings. The number of thiophene rings is 1. The number of likely N-dealkylation sites (N-methyl/N-ethyl adjacent to an activating group) is 1. The second-order valence-electron chi connectivity index (χ2n) is 4.34. The minimum absolute atomic E-state index is 0.165. The minimum Gasteiger partial charge on any atom is -0.310 e. The van der Waals surface area contributed by atoms with Crippen LogP contribution >= 0.6 is 54.8 Å². The maximum atomic E-state index is 13.2. The second-order valence-corrected chi connectivity index (χ2v) is 8.50. The molecule has 0 saturated heterocycles. The quantitative estimate of drug-likeness (QED) is 0.604. The van der Waals surface area contributed by atoms with Gasteiger partial charge in [0.05, 0.1) is 12.6 Å². The van der Waals surface area contributed by atoms with Gasteiger partial charge in [-0.25, -0.2) is 4.39 Å². The average molecular weight is 442 g/mol. The van der Waals surface area contributed by atoms with Gasteiger partial charge in [-0.3, -0.25) is 0 Å². The second kappa shape index (κ2) is 7.36. The summed E-state index contributed by atoms with van der Waals surface area (Å²) in [4.78, 5) is 0. The lowest BCUT2D eigenvalue weighted by Crippen LogP contribution is -2.22. The Kier molecular flexibility index (Phi) is 6.05. The van der Waals surface area contributed by atoms with Crippen molar-refractivity contribution in [3.05, 3.63) is 53.8 Å². The Bertz CT molecular complexity index is 603. The van der Waals surface area contributed by atoms with Crippen LogP contribution in [0.1, 0.15) is 24.1 Å². The van der Waals surface area contributed by atoms with Gasteiger partial charge in [0.25, 0.3) is 0 Å². The molecule has 0 fully saturated rings. The van der Waals surface area contributed by atoms with Gasteiger partial charge in [0.2, 0.25) is 0 Å². The van der Waals surface area contributed by atoms with Crippen molar-refractivity contribution in [2.75, 3.05) is 6.54 Å². The van der Waals surface area contributed by atoms with Gasteiger partial charge in [-0.15, -0.1) is 11.3 Å². The van der Waals surface area contributed by atoms with E-state index in [0.29, 0.717) is 0 Å². The molecule has 1 atom stereocenters. The molecule has 0 aliphatic carbocycles. The summed E-state index contributed by atoms with van der Waals surface area (Å²) in [6, 6.07) is 7.16. The number of hydrogen-bond acceptors (Lipinski definition) is 2. The number of hydrogen-bond donors (Lipinski definition) is 1. The molecule has 1 nitrogen and oxygen atoms in total. The largest absolute Gasteiger partial charge is 0.310 e. The molecule has 2 rings (SSSR count). The molecule has 0 spiro atoms. The molecule has 1 aromatic heterocycles. The fourth-order valence-electron chi connectivity index (χ4n) is 2.03.